The van der Waals surface area contributed by atoms with Gasteiger partial charge in [0.15, 0.2) is 0 Å². The first-order valence-electron chi connectivity index (χ1n) is 3.33. The van der Waals surface area contributed by atoms with Gasteiger partial charge in [0.2, 0.25) is 0 Å². The second-order valence-electron chi connectivity index (χ2n) is 2.77. The van der Waals surface area contributed by atoms with Gasteiger partial charge in [0.25, 0.3) is 0 Å². The lowest BCUT2D eigenvalue weighted by Gasteiger charge is -2.12. The highest BCUT2D eigenvalue weighted by molar-refractivity contribution is 4.63. The molecule has 0 aromatic heterocycles. The van der Waals surface area contributed by atoms with Crippen molar-refractivity contribution in [3.05, 3.63) is 0 Å². The van der Waals surface area contributed by atoms with E-state index in [1.807, 2.05) is 6.92 Å². The summed E-state index contributed by atoms with van der Waals surface area (Å²) in [6.45, 7) is 5.91. The molecule has 0 atom stereocenters. The second kappa shape index (κ2) is 3.83. The van der Waals surface area contributed by atoms with Gasteiger partial charge < -0.3 is 4.74 Å². The summed E-state index contributed by atoms with van der Waals surface area (Å²) in [6.07, 6.45) is 0.954. The first kappa shape index (κ1) is 8.89. The summed E-state index contributed by atoms with van der Waals surface area (Å²) in [5.74, 6) is 0. The quantitative estimate of drug-likeness (QED) is 0.535. The topological polar surface area (TPSA) is 9.23 Å². The zero-order valence-corrected chi connectivity index (χ0v) is 6.41. The van der Waals surface area contributed by atoms with Crippen LogP contribution in [-0.2, 0) is 4.74 Å². The normalized spacial score (nSPS) is 12.0. The number of rotatable bonds is 4. The van der Waals surface area contributed by atoms with E-state index in [0.717, 1.165) is 6.42 Å². The van der Waals surface area contributed by atoms with Crippen LogP contribution in [0, 0.1) is 0 Å². The van der Waals surface area contributed by atoms with E-state index < -0.39 is 5.67 Å². The summed E-state index contributed by atoms with van der Waals surface area (Å²) >= 11 is 0. The van der Waals surface area contributed by atoms with Gasteiger partial charge in [-0.05, 0) is 20.3 Å². The minimum absolute atomic E-state index is 0.209. The Balaban J connectivity index is 3.07. The number of hydrogen-bond donors (Lipinski definition) is 0. The summed E-state index contributed by atoms with van der Waals surface area (Å²) in [7, 11) is 0. The minimum atomic E-state index is -1.17. The fourth-order valence-corrected chi connectivity index (χ4v) is 0.459. The molecule has 0 rings (SSSR count). The van der Waals surface area contributed by atoms with Gasteiger partial charge in [0.05, 0.1) is 6.61 Å². The Labute approximate surface area is 56.2 Å². The molecule has 0 aliphatic rings. The molecule has 0 aliphatic heterocycles. The van der Waals surface area contributed by atoms with Crippen LogP contribution >= 0.6 is 0 Å². The maximum atomic E-state index is 12.6. The van der Waals surface area contributed by atoms with E-state index in [9.17, 15) is 4.39 Å². The van der Waals surface area contributed by atoms with Gasteiger partial charge in [0, 0.05) is 6.61 Å². The SMILES string of the molecule is CCCOCC(C)(C)F. The van der Waals surface area contributed by atoms with Crippen molar-refractivity contribution in [2.45, 2.75) is 32.9 Å². The van der Waals surface area contributed by atoms with Crippen molar-refractivity contribution in [1.82, 2.24) is 0 Å². The number of ether oxygens (including phenoxy) is 1. The van der Waals surface area contributed by atoms with Gasteiger partial charge in [-0.3, -0.25) is 0 Å². The highest BCUT2D eigenvalue weighted by atomic mass is 19.1. The molecule has 9 heavy (non-hydrogen) atoms. The average molecular weight is 134 g/mol. The first-order valence-corrected chi connectivity index (χ1v) is 3.33. The van der Waals surface area contributed by atoms with E-state index in [4.69, 9.17) is 4.74 Å². The largest absolute Gasteiger partial charge is 0.378 e. The van der Waals surface area contributed by atoms with Crippen LogP contribution in [0.5, 0.6) is 0 Å². The predicted molar refractivity (Wildman–Crippen MR) is 36.3 cm³/mol. The van der Waals surface area contributed by atoms with E-state index >= 15 is 0 Å². The van der Waals surface area contributed by atoms with Crippen molar-refractivity contribution in [3.8, 4) is 0 Å². The summed E-state index contributed by atoms with van der Waals surface area (Å²) < 4.78 is 17.6. The summed E-state index contributed by atoms with van der Waals surface area (Å²) in [6, 6.07) is 0. The standard InChI is InChI=1S/C7H15FO/c1-4-5-9-6-7(2,3)8/h4-6H2,1-3H3. The van der Waals surface area contributed by atoms with Crippen LogP contribution in [0.1, 0.15) is 27.2 Å². The Bertz CT molecular complexity index is 65.8. The van der Waals surface area contributed by atoms with Gasteiger partial charge in [0.1, 0.15) is 5.67 Å². The van der Waals surface area contributed by atoms with Gasteiger partial charge in [-0.25, -0.2) is 4.39 Å². The Hall–Kier alpha value is -0.110. The van der Waals surface area contributed by atoms with Crippen LogP contribution in [0.25, 0.3) is 0 Å². The Morgan fingerprint density at radius 3 is 2.33 bits per heavy atom. The van der Waals surface area contributed by atoms with Gasteiger partial charge >= 0.3 is 0 Å². The van der Waals surface area contributed by atoms with Crippen molar-refractivity contribution in [2.24, 2.45) is 0 Å². The second-order valence-corrected chi connectivity index (χ2v) is 2.77. The lowest BCUT2D eigenvalue weighted by atomic mass is 10.2. The van der Waals surface area contributed by atoms with Crippen LogP contribution in [0.4, 0.5) is 4.39 Å². The average Bonchev–Trinajstić information content (AvgIpc) is 1.63. The molecule has 0 bridgehead atoms. The monoisotopic (exact) mass is 134 g/mol. The molecule has 0 aliphatic carbocycles. The number of alkyl halides is 1. The molecule has 0 unspecified atom stereocenters. The van der Waals surface area contributed by atoms with Crippen LogP contribution in [0.15, 0.2) is 0 Å². The van der Waals surface area contributed by atoms with Gasteiger partial charge in [-0.2, -0.15) is 0 Å². The molecule has 0 amide bonds. The molecule has 0 heterocycles. The lowest BCUT2D eigenvalue weighted by molar-refractivity contribution is 0.0371. The lowest BCUT2D eigenvalue weighted by Crippen LogP contribution is -2.20. The third-order valence-corrected chi connectivity index (χ3v) is 0.794. The molecule has 0 spiro atoms. The molecule has 0 aromatic carbocycles. The molecule has 0 radical (unpaired) electrons. The summed E-state index contributed by atoms with van der Waals surface area (Å²) in [4.78, 5) is 0. The first-order chi connectivity index (χ1) is 4.06. The van der Waals surface area contributed by atoms with Crippen molar-refractivity contribution in [1.29, 1.82) is 0 Å². The molecule has 1 nitrogen and oxygen atoms in total. The van der Waals surface area contributed by atoms with Gasteiger partial charge in [-0.15, -0.1) is 0 Å². The van der Waals surface area contributed by atoms with E-state index in [1.165, 1.54) is 13.8 Å². The molecule has 0 aromatic rings. The minimum Gasteiger partial charge on any atom is -0.378 e. The van der Waals surface area contributed by atoms with Crippen molar-refractivity contribution in [2.75, 3.05) is 13.2 Å². The summed E-state index contributed by atoms with van der Waals surface area (Å²) in [5.41, 5.74) is -1.17. The van der Waals surface area contributed by atoms with Crippen LogP contribution in [-0.4, -0.2) is 18.9 Å². The Kier molecular flexibility index (Phi) is 3.78. The van der Waals surface area contributed by atoms with E-state index in [-0.39, 0.29) is 6.61 Å². The zero-order valence-electron chi connectivity index (χ0n) is 6.41. The van der Waals surface area contributed by atoms with E-state index in [2.05, 4.69) is 0 Å². The molecular formula is C7H15FO. The summed E-state index contributed by atoms with van der Waals surface area (Å²) in [5, 5.41) is 0. The number of hydrogen-bond acceptors (Lipinski definition) is 1. The van der Waals surface area contributed by atoms with Crippen molar-refractivity contribution >= 4 is 0 Å². The fourth-order valence-electron chi connectivity index (χ4n) is 0.459. The van der Waals surface area contributed by atoms with E-state index in [0.29, 0.717) is 6.61 Å². The highest BCUT2D eigenvalue weighted by Crippen LogP contribution is 2.07. The van der Waals surface area contributed by atoms with Crippen molar-refractivity contribution < 1.29 is 9.13 Å². The van der Waals surface area contributed by atoms with Gasteiger partial charge in [-0.1, -0.05) is 6.92 Å². The van der Waals surface area contributed by atoms with Crippen LogP contribution in [0.3, 0.4) is 0 Å². The zero-order chi connectivity index (χ0) is 7.33. The third-order valence-electron chi connectivity index (χ3n) is 0.794. The number of halogens is 1. The molecular weight excluding hydrogens is 119 g/mol. The van der Waals surface area contributed by atoms with E-state index in [1.54, 1.807) is 0 Å². The van der Waals surface area contributed by atoms with Crippen LogP contribution < -0.4 is 0 Å². The predicted octanol–water partition coefficient (Wildman–Crippen LogP) is 2.16. The maximum absolute atomic E-state index is 12.6. The molecule has 0 fully saturated rings. The fraction of sp³-hybridized carbons (Fsp3) is 1.00. The highest BCUT2D eigenvalue weighted by Gasteiger charge is 2.14. The molecule has 2 heteroatoms. The van der Waals surface area contributed by atoms with Crippen LogP contribution in [0.2, 0.25) is 0 Å². The Morgan fingerprint density at radius 1 is 1.44 bits per heavy atom. The molecule has 0 saturated heterocycles. The third kappa shape index (κ3) is 7.89. The molecule has 0 saturated carbocycles. The molecule has 56 valence electrons. The molecule has 0 N–H and O–H groups in total. The maximum Gasteiger partial charge on any atom is 0.128 e. The smallest absolute Gasteiger partial charge is 0.128 e. The Morgan fingerprint density at radius 2 is 2.00 bits per heavy atom. The van der Waals surface area contributed by atoms with Crippen molar-refractivity contribution in [3.63, 3.8) is 0 Å².